The fourth-order valence-electron chi connectivity index (χ4n) is 2.63. The molecular weight excluding hydrogens is 284 g/mol. The van der Waals surface area contributed by atoms with Crippen LogP contribution in [-0.4, -0.2) is 34.7 Å². The molecule has 2 aromatic heterocycles. The minimum atomic E-state index is -0.157. The molecule has 0 spiro atoms. The van der Waals surface area contributed by atoms with Crippen molar-refractivity contribution in [3.63, 3.8) is 0 Å². The average molecular weight is 302 g/mol. The van der Waals surface area contributed by atoms with E-state index in [4.69, 9.17) is 9.26 Å². The summed E-state index contributed by atoms with van der Waals surface area (Å²) in [6, 6.07) is 5.15. The standard InChI is InChI=1S/C15H18N4O3/c1-10-8-12(18-22-10)13-4-3-7-19(13)15(20)17-11-5-6-14(21-2)16-9-11/h5-6,8-9,13H,3-4,7H2,1-2H3,(H,17,20)/t13-/m0/s1. The number of aryl methyl sites for hydroxylation is 1. The topological polar surface area (TPSA) is 80.5 Å². The number of likely N-dealkylation sites (tertiary alicyclic amines) is 1. The van der Waals surface area contributed by atoms with Gasteiger partial charge in [-0.2, -0.15) is 0 Å². The Labute approximate surface area is 128 Å². The summed E-state index contributed by atoms with van der Waals surface area (Å²) in [4.78, 5) is 18.3. The van der Waals surface area contributed by atoms with Gasteiger partial charge < -0.3 is 19.5 Å². The van der Waals surface area contributed by atoms with E-state index in [2.05, 4.69) is 15.5 Å². The highest BCUT2D eigenvalue weighted by atomic mass is 16.5. The summed E-state index contributed by atoms with van der Waals surface area (Å²) >= 11 is 0. The number of pyridine rings is 1. The van der Waals surface area contributed by atoms with Gasteiger partial charge in [-0.25, -0.2) is 9.78 Å². The third kappa shape index (κ3) is 2.88. The minimum Gasteiger partial charge on any atom is -0.481 e. The van der Waals surface area contributed by atoms with E-state index in [1.807, 2.05) is 13.0 Å². The van der Waals surface area contributed by atoms with Crippen LogP contribution in [0.25, 0.3) is 0 Å². The van der Waals surface area contributed by atoms with E-state index in [0.717, 1.165) is 24.3 Å². The first-order valence-electron chi connectivity index (χ1n) is 7.18. The van der Waals surface area contributed by atoms with Crippen molar-refractivity contribution in [3.05, 3.63) is 35.9 Å². The van der Waals surface area contributed by atoms with Gasteiger partial charge in [0.15, 0.2) is 0 Å². The summed E-state index contributed by atoms with van der Waals surface area (Å²) in [5.41, 5.74) is 1.44. The molecule has 1 N–H and O–H groups in total. The summed E-state index contributed by atoms with van der Waals surface area (Å²) < 4.78 is 10.1. The molecule has 1 aliphatic heterocycles. The summed E-state index contributed by atoms with van der Waals surface area (Å²) in [6.45, 7) is 2.55. The van der Waals surface area contributed by atoms with Gasteiger partial charge in [-0.1, -0.05) is 5.16 Å². The Kier molecular flexibility index (Phi) is 3.95. The van der Waals surface area contributed by atoms with E-state index in [9.17, 15) is 4.79 Å². The Morgan fingerprint density at radius 1 is 1.50 bits per heavy atom. The largest absolute Gasteiger partial charge is 0.481 e. The lowest BCUT2D eigenvalue weighted by Crippen LogP contribution is -2.34. The molecule has 22 heavy (non-hydrogen) atoms. The number of rotatable bonds is 3. The van der Waals surface area contributed by atoms with Gasteiger partial charge in [0.2, 0.25) is 5.88 Å². The quantitative estimate of drug-likeness (QED) is 0.943. The maximum absolute atomic E-state index is 12.5. The molecule has 1 fully saturated rings. The zero-order valence-electron chi connectivity index (χ0n) is 12.6. The maximum atomic E-state index is 12.5. The zero-order chi connectivity index (χ0) is 15.5. The van der Waals surface area contributed by atoms with Gasteiger partial charge in [0.05, 0.1) is 25.0 Å². The Balaban J connectivity index is 1.70. The number of ether oxygens (including phenoxy) is 1. The molecule has 2 aromatic rings. The lowest BCUT2D eigenvalue weighted by Gasteiger charge is -2.23. The molecule has 2 amide bonds. The number of methoxy groups -OCH3 is 1. The average Bonchev–Trinajstić information content (AvgIpc) is 3.16. The first-order valence-corrected chi connectivity index (χ1v) is 7.18. The first-order chi connectivity index (χ1) is 10.7. The van der Waals surface area contributed by atoms with Crippen LogP contribution in [0.15, 0.2) is 28.9 Å². The number of urea groups is 1. The monoisotopic (exact) mass is 302 g/mol. The molecule has 116 valence electrons. The van der Waals surface area contributed by atoms with E-state index in [0.29, 0.717) is 18.1 Å². The van der Waals surface area contributed by atoms with Crippen LogP contribution in [0.5, 0.6) is 5.88 Å². The van der Waals surface area contributed by atoms with Crippen LogP contribution in [0.4, 0.5) is 10.5 Å². The van der Waals surface area contributed by atoms with Gasteiger partial charge in [0.1, 0.15) is 11.5 Å². The normalized spacial score (nSPS) is 17.5. The lowest BCUT2D eigenvalue weighted by molar-refractivity contribution is 0.204. The second kappa shape index (κ2) is 6.05. The number of hydrogen-bond acceptors (Lipinski definition) is 5. The summed E-state index contributed by atoms with van der Waals surface area (Å²) in [5, 5.41) is 6.89. The predicted octanol–water partition coefficient (Wildman–Crippen LogP) is 2.76. The lowest BCUT2D eigenvalue weighted by atomic mass is 10.1. The number of nitrogens with zero attached hydrogens (tertiary/aromatic N) is 3. The van der Waals surface area contributed by atoms with Crippen LogP contribution < -0.4 is 10.1 Å². The van der Waals surface area contributed by atoms with E-state index >= 15 is 0 Å². The van der Waals surface area contributed by atoms with E-state index in [1.54, 1.807) is 30.3 Å². The Morgan fingerprint density at radius 3 is 3.00 bits per heavy atom. The molecular formula is C15H18N4O3. The zero-order valence-corrected chi connectivity index (χ0v) is 12.6. The van der Waals surface area contributed by atoms with Crippen molar-refractivity contribution in [2.75, 3.05) is 19.0 Å². The molecule has 1 atom stereocenters. The molecule has 0 radical (unpaired) electrons. The predicted molar refractivity (Wildman–Crippen MR) is 79.7 cm³/mol. The van der Waals surface area contributed by atoms with Crippen molar-refractivity contribution in [2.24, 2.45) is 0 Å². The number of amides is 2. The third-order valence-corrected chi connectivity index (χ3v) is 3.70. The molecule has 3 rings (SSSR count). The van der Waals surface area contributed by atoms with Crippen molar-refractivity contribution >= 4 is 11.7 Å². The molecule has 0 bridgehead atoms. The Hall–Kier alpha value is -2.57. The summed E-state index contributed by atoms with van der Waals surface area (Å²) in [5.74, 6) is 1.26. The fourth-order valence-corrected chi connectivity index (χ4v) is 2.63. The number of nitrogens with one attached hydrogen (secondary N) is 1. The number of aromatic nitrogens is 2. The first kappa shape index (κ1) is 14.4. The van der Waals surface area contributed by atoms with Crippen LogP contribution in [-0.2, 0) is 0 Å². The maximum Gasteiger partial charge on any atom is 0.322 e. The number of carbonyl (C=O) groups is 1. The molecule has 1 aliphatic rings. The highest BCUT2D eigenvalue weighted by Crippen LogP contribution is 2.32. The van der Waals surface area contributed by atoms with Crippen molar-refractivity contribution in [1.82, 2.24) is 15.0 Å². The molecule has 0 aromatic carbocycles. The smallest absolute Gasteiger partial charge is 0.322 e. The second-order valence-corrected chi connectivity index (χ2v) is 5.23. The van der Waals surface area contributed by atoms with E-state index in [-0.39, 0.29) is 12.1 Å². The molecule has 0 saturated carbocycles. The molecule has 0 unspecified atom stereocenters. The summed E-state index contributed by atoms with van der Waals surface area (Å²) in [6.07, 6.45) is 3.41. The molecule has 1 saturated heterocycles. The highest BCUT2D eigenvalue weighted by molar-refractivity contribution is 5.89. The van der Waals surface area contributed by atoms with E-state index in [1.165, 1.54) is 0 Å². The van der Waals surface area contributed by atoms with Crippen molar-refractivity contribution in [1.29, 1.82) is 0 Å². The fraction of sp³-hybridized carbons (Fsp3) is 0.400. The van der Waals surface area contributed by atoms with Gasteiger partial charge in [-0.3, -0.25) is 0 Å². The summed E-state index contributed by atoms with van der Waals surface area (Å²) in [7, 11) is 1.55. The van der Waals surface area contributed by atoms with Gasteiger partial charge in [-0.05, 0) is 25.8 Å². The van der Waals surface area contributed by atoms with Gasteiger partial charge in [-0.15, -0.1) is 0 Å². The van der Waals surface area contributed by atoms with Crippen molar-refractivity contribution < 1.29 is 14.1 Å². The highest BCUT2D eigenvalue weighted by Gasteiger charge is 2.32. The Morgan fingerprint density at radius 2 is 2.36 bits per heavy atom. The Bertz CT molecular complexity index is 653. The van der Waals surface area contributed by atoms with Crippen LogP contribution in [0, 0.1) is 6.92 Å². The number of carbonyl (C=O) groups excluding carboxylic acids is 1. The molecule has 7 heteroatoms. The minimum absolute atomic E-state index is 0.0383. The van der Waals surface area contributed by atoms with Crippen molar-refractivity contribution in [3.8, 4) is 5.88 Å². The SMILES string of the molecule is COc1ccc(NC(=O)N2CCC[C@H]2c2cc(C)on2)cn1. The van der Waals surface area contributed by atoms with Gasteiger partial charge in [0, 0.05) is 18.7 Å². The van der Waals surface area contributed by atoms with Gasteiger partial charge in [0.25, 0.3) is 0 Å². The molecule has 0 aliphatic carbocycles. The number of anilines is 1. The molecule has 3 heterocycles. The number of hydrogen-bond donors (Lipinski definition) is 1. The van der Waals surface area contributed by atoms with Crippen molar-refractivity contribution in [2.45, 2.75) is 25.8 Å². The second-order valence-electron chi connectivity index (χ2n) is 5.23. The van der Waals surface area contributed by atoms with Crippen LogP contribution in [0.3, 0.4) is 0 Å². The van der Waals surface area contributed by atoms with Crippen LogP contribution in [0.1, 0.15) is 30.3 Å². The van der Waals surface area contributed by atoms with Crippen LogP contribution >= 0.6 is 0 Å². The third-order valence-electron chi connectivity index (χ3n) is 3.70. The van der Waals surface area contributed by atoms with Gasteiger partial charge >= 0.3 is 6.03 Å². The molecule has 7 nitrogen and oxygen atoms in total. The van der Waals surface area contributed by atoms with E-state index < -0.39 is 0 Å². The van der Waals surface area contributed by atoms with Crippen LogP contribution in [0.2, 0.25) is 0 Å².